The largest absolute Gasteiger partial charge is 0.207 e. The van der Waals surface area contributed by atoms with E-state index in [9.17, 15) is 4.39 Å². The summed E-state index contributed by atoms with van der Waals surface area (Å²) in [6, 6.07) is 15.0. The summed E-state index contributed by atoms with van der Waals surface area (Å²) in [5.41, 5.74) is 3.76. The molecule has 0 aliphatic rings. The van der Waals surface area contributed by atoms with Crippen molar-refractivity contribution in [1.29, 1.82) is 0 Å². The Kier molecular flexibility index (Phi) is 4.98. The molecule has 2 rings (SSSR count). The second kappa shape index (κ2) is 6.72. The maximum absolute atomic E-state index is 12.8. The third kappa shape index (κ3) is 4.36. The number of alkyl halides is 1. The van der Waals surface area contributed by atoms with E-state index in [1.807, 2.05) is 0 Å². The first-order valence-electron chi connectivity index (χ1n) is 6.58. The molecule has 0 fully saturated rings. The van der Waals surface area contributed by atoms with E-state index >= 15 is 0 Å². The van der Waals surface area contributed by atoms with Gasteiger partial charge in [0, 0.05) is 5.38 Å². The van der Waals surface area contributed by atoms with Crippen LogP contribution in [-0.4, -0.2) is 5.38 Å². The Bertz CT molecular complexity index is 519. The summed E-state index contributed by atoms with van der Waals surface area (Å²) in [6.07, 6.45) is 2.71. The van der Waals surface area contributed by atoms with Gasteiger partial charge in [0.05, 0.1) is 0 Å². The predicted molar refractivity (Wildman–Crippen MR) is 79.2 cm³/mol. The zero-order chi connectivity index (χ0) is 13.7. The van der Waals surface area contributed by atoms with Gasteiger partial charge in [-0.1, -0.05) is 36.4 Å². The minimum absolute atomic E-state index is 0.0880. The van der Waals surface area contributed by atoms with Crippen LogP contribution < -0.4 is 0 Å². The van der Waals surface area contributed by atoms with Gasteiger partial charge >= 0.3 is 0 Å². The third-order valence-corrected chi connectivity index (χ3v) is 3.73. The molecule has 0 bridgehead atoms. The summed E-state index contributed by atoms with van der Waals surface area (Å²) >= 11 is 6.36. The van der Waals surface area contributed by atoms with Crippen LogP contribution in [0, 0.1) is 12.7 Å². The molecule has 1 atom stereocenters. The van der Waals surface area contributed by atoms with Gasteiger partial charge in [0.25, 0.3) is 0 Å². The average Bonchev–Trinajstić information content (AvgIpc) is 2.40. The molecule has 0 nitrogen and oxygen atoms in total. The van der Waals surface area contributed by atoms with E-state index in [4.69, 9.17) is 11.6 Å². The molecule has 100 valence electrons. The van der Waals surface area contributed by atoms with Crippen molar-refractivity contribution in [2.24, 2.45) is 0 Å². The highest BCUT2D eigenvalue weighted by Gasteiger charge is 2.07. The van der Waals surface area contributed by atoms with Crippen LogP contribution in [0.3, 0.4) is 0 Å². The fraction of sp³-hybridized carbons (Fsp3) is 0.294. The van der Waals surface area contributed by atoms with Crippen molar-refractivity contribution in [2.45, 2.75) is 31.6 Å². The third-order valence-electron chi connectivity index (χ3n) is 3.36. The lowest BCUT2D eigenvalue weighted by atomic mass is 10.0. The fourth-order valence-corrected chi connectivity index (χ4v) is 2.47. The van der Waals surface area contributed by atoms with E-state index < -0.39 is 0 Å². The molecular weight excluding hydrogens is 259 g/mol. The predicted octanol–water partition coefficient (Wildman–Crippen LogP) is 4.92. The maximum atomic E-state index is 12.8. The van der Waals surface area contributed by atoms with Crippen LogP contribution in [0.5, 0.6) is 0 Å². The van der Waals surface area contributed by atoms with Gasteiger partial charge in [-0.25, -0.2) is 4.39 Å². The van der Waals surface area contributed by atoms with Crippen molar-refractivity contribution in [2.75, 3.05) is 0 Å². The molecule has 0 N–H and O–H groups in total. The van der Waals surface area contributed by atoms with Crippen molar-refractivity contribution < 1.29 is 4.39 Å². The Morgan fingerprint density at radius 2 is 1.74 bits per heavy atom. The molecule has 2 heteroatoms. The first-order chi connectivity index (χ1) is 9.15. The number of rotatable bonds is 5. The highest BCUT2D eigenvalue weighted by molar-refractivity contribution is 6.20. The highest BCUT2D eigenvalue weighted by Crippen LogP contribution is 2.17. The standard InChI is InChI=1S/C17H18ClF/c1-13-4-2-3-5-15(13)8-9-16(18)12-14-6-10-17(19)11-7-14/h2-7,10-11,16H,8-9,12H2,1H3. The summed E-state index contributed by atoms with van der Waals surface area (Å²) in [5.74, 6) is -0.199. The molecule has 19 heavy (non-hydrogen) atoms. The van der Waals surface area contributed by atoms with Crippen LogP contribution in [0.2, 0.25) is 0 Å². The van der Waals surface area contributed by atoms with E-state index in [1.165, 1.54) is 23.3 Å². The van der Waals surface area contributed by atoms with Crippen LogP contribution >= 0.6 is 11.6 Å². The van der Waals surface area contributed by atoms with Gasteiger partial charge in [0.1, 0.15) is 5.82 Å². The Morgan fingerprint density at radius 1 is 1.05 bits per heavy atom. The second-order valence-electron chi connectivity index (χ2n) is 4.89. The van der Waals surface area contributed by atoms with Crippen molar-refractivity contribution in [1.82, 2.24) is 0 Å². The zero-order valence-electron chi connectivity index (χ0n) is 11.1. The van der Waals surface area contributed by atoms with Gasteiger partial charge in [-0.3, -0.25) is 0 Å². The van der Waals surface area contributed by atoms with Gasteiger partial charge < -0.3 is 0 Å². The second-order valence-corrected chi connectivity index (χ2v) is 5.51. The van der Waals surface area contributed by atoms with Gasteiger partial charge in [0.2, 0.25) is 0 Å². The van der Waals surface area contributed by atoms with E-state index in [2.05, 4.69) is 31.2 Å². The molecule has 0 saturated carbocycles. The van der Waals surface area contributed by atoms with E-state index in [-0.39, 0.29) is 11.2 Å². The van der Waals surface area contributed by atoms with Crippen LogP contribution in [0.1, 0.15) is 23.1 Å². The fourth-order valence-electron chi connectivity index (χ4n) is 2.18. The molecule has 0 saturated heterocycles. The van der Waals surface area contributed by atoms with Crippen molar-refractivity contribution in [3.8, 4) is 0 Å². The maximum Gasteiger partial charge on any atom is 0.123 e. The summed E-state index contributed by atoms with van der Waals surface area (Å²) in [7, 11) is 0. The summed E-state index contributed by atoms with van der Waals surface area (Å²) < 4.78 is 12.8. The molecule has 0 spiro atoms. The number of hydrogen-bond donors (Lipinski definition) is 0. The lowest BCUT2D eigenvalue weighted by Crippen LogP contribution is -2.05. The normalized spacial score (nSPS) is 12.4. The first-order valence-corrected chi connectivity index (χ1v) is 7.02. The molecule has 2 aromatic carbocycles. The summed E-state index contributed by atoms with van der Waals surface area (Å²) in [5, 5.41) is 0.0880. The number of hydrogen-bond acceptors (Lipinski definition) is 0. The molecule has 0 aromatic heterocycles. The van der Waals surface area contributed by atoms with Crippen molar-refractivity contribution >= 4 is 11.6 Å². The molecule has 2 aromatic rings. The lowest BCUT2D eigenvalue weighted by molar-refractivity contribution is 0.626. The Labute approximate surface area is 119 Å². The van der Waals surface area contributed by atoms with Crippen LogP contribution in [0.15, 0.2) is 48.5 Å². The van der Waals surface area contributed by atoms with Gasteiger partial charge in [-0.15, -0.1) is 11.6 Å². The van der Waals surface area contributed by atoms with E-state index in [0.29, 0.717) is 0 Å². The van der Waals surface area contributed by atoms with E-state index in [0.717, 1.165) is 24.8 Å². The quantitative estimate of drug-likeness (QED) is 0.680. The smallest absolute Gasteiger partial charge is 0.123 e. The number of halogens is 2. The highest BCUT2D eigenvalue weighted by atomic mass is 35.5. The zero-order valence-corrected chi connectivity index (χ0v) is 11.8. The minimum Gasteiger partial charge on any atom is -0.207 e. The molecule has 0 aliphatic heterocycles. The van der Waals surface area contributed by atoms with Crippen LogP contribution in [-0.2, 0) is 12.8 Å². The summed E-state index contributed by atoms with van der Waals surface area (Å²) in [4.78, 5) is 0. The van der Waals surface area contributed by atoms with Crippen LogP contribution in [0.4, 0.5) is 4.39 Å². The monoisotopic (exact) mass is 276 g/mol. The van der Waals surface area contributed by atoms with Gasteiger partial charge in [-0.05, 0) is 55.0 Å². The molecular formula is C17H18ClF. The Hall–Kier alpha value is -1.34. The minimum atomic E-state index is -0.199. The number of aryl methyl sites for hydroxylation is 2. The number of benzene rings is 2. The van der Waals surface area contributed by atoms with E-state index in [1.54, 1.807) is 12.1 Å². The molecule has 0 radical (unpaired) electrons. The van der Waals surface area contributed by atoms with Crippen LogP contribution in [0.25, 0.3) is 0 Å². The van der Waals surface area contributed by atoms with Gasteiger partial charge in [-0.2, -0.15) is 0 Å². The first kappa shape index (κ1) is 14.1. The molecule has 1 unspecified atom stereocenters. The van der Waals surface area contributed by atoms with Crippen molar-refractivity contribution in [3.63, 3.8) is 0 Å². The molecule has 0 aliphatic carbocycles. The average molecular weight is 277 g/mol. The lowest BCUT2D eigenvalue weighted by Gasteiger charge is -2.11. The topological polar surface area (TPSA) is 0 Å². The van der Waals surface area contributed by atoms with Gasteiger partial charge in [0.15, 0.2) is 0 Å². The van der Waals surface area contributed by atoms with Crippen molar-refractivity contribution in [3.05, 3.63) is 71.0 Å². The SMILES string of the molecule is Cc1ccccc1CCC(Cl)Cc1ccc(F)cc1. The Balaban J connectivity index is 1.86. The summed E-state index contributed by atoms with van der Waals surface area (Å²) in [6.45, 7) is 2.12. The molecule has 0 heterocycles. The molecule has 0 amide bonds. The Morgan fingerprint density at radius 3 is 2.42 bits per heavy atom.